The molecule has 0 aliphatic carbocycles. The predicted molar refractivity (Wildman–Crippen MR) is 48.1 cm³/mol. The third kappa shape index (κ3) is 10.5. The summed E-state index contributed by atoms with van der Waals surface area (Å²) in [6.07, 6.45) is 0. The lowest BCUT2D eigenvalue weighted by molar-refractivity contribution is -0.144. The normalized spacial score (nSPS) is 10.7. The Kier molecular flexibility index (Phi) is 5.59. The van der Waals surface area contributed by atoms with Gasteiger partial charge >= 0.3 is 12.0 Å². The Morgan fingerprint density at radius 1 is 1.40 bits per heavy atom. The van der Waals surface area contributed by atoms with Crippen LogP contribution in [0.1, 0.15) is 0 Å². The average molecular weight is 241 g/mol. The first-order valence-electron chi connectivity index (χ1n) is 3.69. The van der Waals surface area contributed by atoms with E-state index < -0.39 is 34.4 Å². The third-order valence-corrected chi connectivity index (χ3v) is 1.81. The summed E-state index contributed by atoms with van der Waals surface area (Å²) in [4.78, 5) is 24.9. The number of nitrogens with one attached hydrogen (secondary N) is 2. The highest BCUT2D eigenvalue weighted by Crippen LogP contribution is 1.75. The van der Waals surface area contributed by atoms with Gasteiger partial charge in [0, 0.05) is 6.54 Å². The number of rotatable bonds is 6. The third-order valence-electron chi connectivity index (χ3n) is 1.03. The molecule has 0 unspecified atom stereocenters. The zero-order valence-corrected chi connectivity index (χ0v) is 8.41. The number of carboxylic acids is 1. The monoisotopic (exact) mass is 241 g/mol. The Bertz CT molecular complexity index is 326. The first kappa shape index (κ1) is 13.6. The number of urea groups is 1. The van der Waals surface area contributed by atoms with Gasteiger partial charge in [0.1, 0.15) is 0 Å². The molecule has 0 saturated heterocycles. The SMILES string of the molecule is NS(=O)(=O)CCNC(=O)NOCC(=O)O. The summed E-state index contributed by atoms with van der Waals surface area (Å²) in [6, 6.07) is -0.847. The molecule has 0 radical (unpaired) electrons. The molecule has 15 heavy (non-hydrogen) atoms. The lowest BCUT2D eigenvalue weighted by Gasteiger charge is -2.05. The quantitative estimate of drug-likeness (QED) is 0.381. The first-order chi connectivity index (χ1) is 6.81. The van der Waals surface area contributed by atoms with Crippen LogP contribution in [0.3, 0.4) is 0 Å². The van der Waals surface area contributed by atoms with Crippen LogP contribution in [0.5, 0.6) is 0 Å². The summed E-state index contributed by atoms with van der Waals surface area (Å²) in [5.41, 5.74) is 1.73. The van der Waals surface area contributed by atoms with Crippen molar-refractivity contribution in [2.45, 2.75) is 0 Å². The van der Waals surface area contributed by atoms with Gasteiger partial charge in [0.05, 0.1) is 5.75 Å². The molecule has 0 aliphatic rings. The van der Waals surface area contributed by atoms with Crippen LogP contribution in [-0.4, -0.2) is 44.4 Å². The van der Waals surface area contributed by atoms with Crippen LogP contribution in [-0.2, 0) is 19.7 Å². The number of carbonyl (C=O) groups is 2. The number of hydroxylamine groups is 1. The van der Waals surface area contributed by atoms with E-state index in [1.54, 1.807) is 5.48 Å². The highest BCUT2D eigenvalue weighted by Gasteiger charge is 2.05. The van der Waals surface area contributed by atoms with Crippen molar-refractivity contribution in [3.05, 3.63) is 0 Å². The number of carboxylic acid groups (broad SMARTS) is 1. The maximum atomic E-state index is 10.7. The van der Waals surface area contributed by atoms with E-state index in [0.29, 0.717) is 0 Å². The molecule has 0 aromatic carbocycles. The van der Waals surface area contributed by atoms with Gasteiger partial charge in [0.15, 0.2) is 6.61 Å². The standard InChI is InChI=1S/C5H11N3O6S/c6-15(12,13)2-1-7-5(11)8-14-3-4(9)10/h1-3H2,(H,9,10)(H2,6,12,13)(H2,7,8,11). The van der Waals surface area contributed by atoms with Crippen LogP contribution < -0.4 is 15.9 Å². The topological polar surface area (TPSA) is 148 Å². The second-order valence-corrected chi connectivity index (χ2v) is 4.14. The molecule has 0 heterocycles. The molecule has 0 bridgehead atoms. The van der Waals surface area contributed by atoms with E-state index in [9.17, 15) is 18.0 Å². The molecule has 0 fully saturated rings. The summed E-state index contributed by atoms with van der Waals surface area (Å²) in [5.74, 6) is -1.67. The van der Waals surface area contributed by atoms with Crippen molar-refractivity contribution in [1.29, 1.82) is 0 Å². The minimum Gasteiger partial charge on any atom is -0.479 e. The summed E-state index contributed by atoms with van der Waals surface area (Å²) >= 11 is 0. The van der Waals surface area contributed by atoms with Gasteiger partial charge in [-0.25, -0.2) is 28.6 Å². The molecule has 5 N–H and O–H groups in total. The maximum absolute atomic E-state index is 10.7. The highest BCUT2D eigenvalue weighted by molar-refractivity contribution is 7.89. The number of aliphatic carboxylic acids is 1. The minimum absolute atomic E-state index is 0.193. The molecule has 9 nitrogen and oxygen atoms in total. The Morgan fingerprint density at radius 2 is 2.00 bits per heavy atom. The number of amides is 2. The number of sulfonamides is 1. The Balaban J connectivity index is 3.54. The molecule has 88 valence electrons. The fraction of sp³-hybridized carbons (Fsp3) is 0.600. The van der Waals surface area contributed by atoms with E-state index in [4.69, 9.17) is 5.11 Å². The summed E-state index contributed by atoms with van der Waals surface area (Å²) in [7, 11) is -3.63. The van der Waals surface area contributed by atoms with Crippen LogP contribution in [0.4, 0.5) is 4.79 Å². The van der Waals surface area contributed by atoms with Crippen molar-refractivity contribution in [2.75, 3.05) is 18.9 Å². The van der Waals surface area contributed by atoms with E-state index in [2.05, 4.69) is 15.3 Å². The molecule has 0 aromatic heterocycles. The van der Waals surface area contributed by atoms with Gasteiger partial charge in [-0.15, -0.1) is 0 Å². The molecule has 0 aliphatic heterocycles. The van der Waals surface area contributed by atoms with Crippen LogP contribution in [0, 0.1) is 0 Å². The van der Waals surface area contributed by atoms with Gasteiger partial charge in [-0.1, -0.05) is 0 Å². The van der Waals surface area contributed by atoms with E-state index in [1.807, 2.05) is 0 Å². The summed E-state index contributed by atoms with van der Waals surface area (Å²) < 4.78 is 20.8. The van der Waals surface area contributed by atoms with Gasteiger partial charge in [-0.3, -0.25) is 4.84 Å². The van der Waals surface area contributed by atoms with Crippen LogP contribution in [0.15, 0.2) is 0 Å². The lowest BCUT2D eigenvalue weighted by Crippen LogP contribution is -2.39. The molecule has 10 heteroatoms. The number of hydrogen-bond acceptors (Lipinski definition) is 5. The average Bonchev–Trinajstić information content (AvgIpc) is 2.00. The number of hydrogen-bond donors (Lipinski definition) is 4. The molecule has 0 saturated carbocycles. The van der Waals surface area contributed by atoms with Gasteiger partial charge in [0.25, 0.3) is 0 Å². The van der Waals surface area contributed by atoms with Crippen LogP contribution >= 0.6 is 0 Å². The summed E-state index contributed by atoms with van der Waals surface area (Å²) in [6.45, 7) is -0.885. The fourth-order valence-electron chi connectivity index (χ4n) is 0.506. The Labute approximate surface area is 85.6 Å². The van der Waals surface area contributed by atoms with E-state index >= 15 is 0 Å². The highest BCUT2D eigenvalue weighted by atomic mass is 32.2. The van der Waals surface area contributed by atoms with Crippen LogP contribution in [0.25, 0.3) is 0 Å². The lowest BCUT2D eigenvalue weighted by atomic mass is 10.7. The zero-order chi connectivity index (χ0) is 11.9. The van der Waals surface area contributed by atoms with Gasteiger partial charge in [0.2, 0.25) is 10.0 Å². The first-order valence-corrected chi connectivity index (χ1v) is 5.40. The molecular formula is C5H11N3O6S. The smallest absolute Gasteiger partial charge is 0.338 e. The Morgan fingerprint density at radius 3 is 2.47 bits per heavy atom. The second-order valence-electron chi connectivity index (χ2n) is 2.41. The maximum Gasteiger partial charge on any atom is 0.338 e. The van der Waals surface area contributed by atoms with E-state index in [1.165, 1.54) is 0 Å². The van der Waals surface area contributed by atoms with Gasteiger partial charge < -0.3 is 10.4 Å². The molecule has 0 atom stereocenters. The van der Waals surface area contributed by atoms with Crippen LogP contribution in [0.2, 0.25) is 0 Å². The minimum atomic E-state index is -3.63. The van der Waals surface area contributed by atoms with Crippen molar-refractivity contribution in [3.8, 4) is 0 Å². The van der Waals surface area contributed by atoms with Crippen molar-refractivity contribution >= 4 is 22.0 Å². The van der Waals surface area contributed by atoms with E-state index in [0.717, 1.165) is 0 Å². The van der Waals surface area contributed by atoms with Crippen molar-refractivity contribution in [2.24, 2.45) is 5.14 Å². The van der Waals surface area contributed by atoms with Crippen molar-refractivity contribution in [3.63, 3.8) is 0 Å². The summed E-state index contributed by atoms with van der Waals surface area (Å²) in [5, 5.41) is 14.9. The van der Waals surface area contributed by atoms with Crippen molar-refractivity contribution < 1.29 is 28.0 Å². The second kappa shape index (κ2) is 6.16. The van der Waals surface area contributed by atoms with Gasteiger partial charge in [-0.05, 0) is 0 Å². The molecule has 0 aromatic rings. The number of primary sulfonamides is 1. The van der Waals surface area contributed by atoms with Gasteiger partial charge in [-0.2, -0.15) is 0 Å². The number of carbonyl (C=O) groups excluding carboxylic acids is 1. The molecule has 0 spiro atoms. The molecular weight excluding hydrogens is 230 g/mol. The molecule has 2 amide bonds. The predicted octanol–water partition coefficient (Wildman–Crippen LogP) is -2.41. The van der Waals surface area contributed by atoms with Crippen molar-refractivity contribution in [1.82, 2.24) is 10.8 Å². The van der Waals surface area contributed by atoms with E-state index in [-0.39, 0.29) is 6.54 Å². The Hall–Kier alpha value is -1.39. The fourth-order valence-corrected chi connectivity index (χ4v) is 0.893. The zero-order valence-electron chi connectivity index (χ0n) is 7.60. The largest absolute Gasteiger partial charge is 0.479 e. The number of nitrogens with two attached hydrogens (primary N) is 1. The molecule has 0 rings (SSSR count).